The van der Waals surface area contributed by atoms with Crippen LogP contribution in [-0.2, 0) is 6.54 Å². The molecule has 0 radical (unpaired) electrons. The quantitative estimate of drug-likeness (QED) is 0.599. The number of benzene rings is 2. The highest BCUT2D eigenvalue weighted by Gasteiger charge is 2.24. The van der Waals surface area contributed by atoms with Gasteiger partial charge in [0.25, 0.3) is 0 Å². The summed E-state index contributed by atoms with van der Waals surface area (Å²) in [7, 11) is 0. The van der Waals surface area contributed by atoms with Crippen LogP contribution in [0.1, 0.15) is 24.4 Å². The van der Waals surface area contributed by atoms with E-state index >= 15 is 0 Å². The molecule has 0 N–H and O–H groups in total. The van der Waals surface area contributed by atoms with Crippen molar-refractivity contribution in [1.29, 1.82) is 0 Å². The summed E-state index contributed by atoms with van der Waals surface area (Å²) in [4.78, 5) is 7.38. The number of hydrogen-bond acceptors (Lipinski definition) is 3. The average molecular weight is 374 g/mol. The van der Waals surface area contributed by atoms with Gasteiger partial charge in [-0.2, -0.15) is 0 Å². The van der Waals surface area contributed by atoms with E-state index in [4.69, 9.17) is 4.98 Å². The van der Waals surface area contributed by atoms with Crippen molar-refractivity contribution in [3.63, 3.8) is 0 Å². The first-order valence-corrected chi connectivity index (χ1v) is 9.85. The van der Waals surface area contributed by atoms with E-state index in [0.29, 0.717) is 6.04 Å². The maximum Gasteiger partial charge on any atom is 0.169 e. The van der Waals surface area contributed by atoms with Gasteiger partial charge < -0.3 is 4.57 Å². The second-order valence-corrected chi connectivity index (χ2v) is 7.22. The van der Waals surface area contributed by atoms with Gasteiger partial charge in [0, 0.05) is 25.7 Å². The first-order valence-electron chi connectivity index (χ1n) is 8.62. The Morgan fingerprint density at radius 1 is 1.00 bits per heavy atom. The minimum atomic E-state index is 0. The van der Waals surface area contributed by atoms with Gasteiger partial charge in [-0.3, -0.25) is 4.90 Å². The zero-order chi connectivity index (χ0) is 16.4. The van der Waals surface area contributed by atoms with E-state index in [0.717, 1.165) is 30.3 Å². The highest BCUT2D eigenvalue weighted by atomic mass is 35.5. The molecule has 1 aliphatic heterocycles. The predicted octanol–water partition coefficient (Wildman–Crippen LogP) is 5.02. The van der Waals surface area contributed by atoms with Crippen molar-refractivity contribution >= 4 is 35.2 Å². The Kier molecular flexibility index (Phi) is 6.05. The molecule has 4 rings (SSSR count). The van der Waals surface area contributed by atoms with Crippen molar-refractivity contribution in [1.82, 2.24) is 14.5 Å². The van der Waals surface area contributed by atoms with Gasteiger partial charge in [-0.15, -0.1) is 12.4 Å². The molecule has 1 fully saturated rings. The highest BCUT2D eigenvalue weighted by molar-refractivity contribution is 7.98. The van der Waals surface area contributed by atoms with E-state index in [9.17, 15) is 0 Å². The summed E-state index contributed by atoms with van der Waals surface area (Å²) in [6, 6.07) is 19.9. The van der Waals surface area contributed by atoms with E-state index in [2.05, 4.69) is 70.3 Å². The molecule has 1 aromatic heterocycles. The van der Waals surface area contributed by atoms with E-state index in [1.807, 2.05) is 0 Å². The number of halogens is 1. The summed E-state index contributed by atoms with van der Waals surface area (Å²) in [6.07, 6.45) is 4.52. The molecule has 2 aromatic carbocycles. The number of hydrogen-bond donors (Lipinski definition) is 0. The predicted molar refractivity (Wildman–Crippen MR) is 109 cm³/mol. The molecule has 0 saturated carbocycles. The molecular weight excluding hydrogens is 350 g/mol. The monoisotopic (exact) mass is 373 g/mol. The molecule has 3 aromatic rings. The maximum absolute atomic E-state index is 4.81. The molecular formula is C20H24ClN3S. The van der Waals surface area contributed by atoms with Crippen LogP contribution in [0.25, 0.3) is 11.0 Å². The topological polar surface area (TPSA) is 21.1 Å². The van der Waals surface area contributed by atoms with Crippen LogP contribution in [0, 0.1) is 0 Å². The van der Waals surface area contributed by atoms with Crippen LogP contribution < -0.4 is 0 Å². The number of thioether (sulfide) groups is 1. The molecule has 2 heterocycles. The van der Waals surface area contributed by atoms with Crippen molar-refractivity contribution in [2.75, 3.05) is 19.3 Å². The van der Waals surface area contributed by atoms with Crippen LogP contribution in [0.4, 0.5) is 0 Å². The Balaban J connectivity index is 0.00000182. The average Bonchev–Trinajstić information content (AvgIpc) is 3.02. The van der Waals surface area contributed by atoms with Crippen LogP contribution in [0.15, 0.2) is 59.8 Å². The zero-order valence-corrected chi connectivity index (χ0v) is 16.1. The number of imidazole rings is 1. The second kappa shape index (κ2) is 8.26. The summed E-state index contributed by atoms with van der Waals surface area (Å²) in [5.41, 5.74) is 3.81. The molecule has 1 saturated heterocycles. The van der Waals surface area contributed by atoms with Gasteiger partial charge in [0.2, 0.25) is 0 Å². The Morgan fingerprint density at radius 3 is 2.40 bits per heavy atom. The van der Waals surface area contributed by atoms with Crippen LogP contribution in [-0.4, -0.2) is 33.8 Å². The second-order valence-electron chi connectivity index (χ2n) is 6.45. The Morgan fingerprint density at radius 2 is 1.68 bits per heavy atom. The smallest absolute Gasteiger partial charge is 0.169 e. The molecule has 3 nitrogen and oxygen atoms in total. The number of fused-ring (bicyclic) bond motifs is 1. The van der Waals surface area contributed by atoms with Gasteiger partial charge in [0.05, 0.1) is 11.0 Å². The molecule has 0 amide bonds. The molecule has 5 heteroatoms. The zero-order valence-electron chi connectivity index (χ0n) is 14.5. The van der Waals surface area contributed by atoms with Crippen molar-refractivity contribution in [3.8, 4) is 0 Å². The van der Waals surface area contributed by atoms with Gasteiger partial charge in [0.15, 0.2) is 5.16 Å². The third-order valence-corrected chi connectivity index (χ3v) is 5.57. The molecule has 1 aliphatic rings. The van der Waals surface area contributed by atoms with Crippen molar-refractivity contribution in [3.05, 3.63) is 60.2 Å². The van der Waals surface area contributed by atoms with Crippen LogP contribution >= 0.6 is 24.2 Å². The first kappa shape index (κ1) is 18.3. The standard InChI is InChI=1S/C20H23N3S.ClH/c1-24-20-21-18-9-5-6-10-19(18)23(20)17-11-13-22(14-12-17)15-16-7-3-2-4-8-16;/h2-10,17H,11-15H2,1H3;1H. The number of aromatic nitrogens is 2. The summed E-state index contributed by atoms with van der Waals surface area (Å²) in [5.74, 6) is 0. The maximum atomic E-state index is 4.81. The van der Waals surface area contributed by atoms with Crippen LogP contribution in [0.2, 0.25) is 0 Å². The van der Waals surface area contributed by atoms with Crippen molar-refractivity contribution in [2.45, 2.75) is 30.6 Å². The van der Waals surface area contributed by atoms with E-state index in [-0.39, 0.29) is 12.4 Å². The lowest BCUT2D eigenvalue weighted by Gasteiger charge is -2.33. The molecule has 0 unspecified atom stereocenters. The van der Waals surface area contributed by atoms with Crippen molar-refractivity contribution < 1.29 is 0 Å². The fourth-order valence-corrected chi connectivity index (χ4v) is 4.33. The van der Waals surface area contributed by atoms with Gasteiger partial charge >= 0.3 is 0 Å². The van der Waals surface area contributed by atoms with E-state index in [1.54, 1.807) is 11.8 Å². The van der Waals surface area contributed by atoms with Crippen LogP contribution in [0.5, 0.6) is 0 Å². The van der Waals surface area contributed by atoms with Crippen molar-refractivity contribution in [2.24, 2.45) is 0 Å². The normalized spacial score (nSPS) is 16.0. The Hall–Kier alpha value is -1.49. The minimum absolute atomic E-state index is 0. The number of nitrogens with zero attached hydrogens (tertiary/aromatic N) is 3. The van der Waals surface area contributed by atoms with E-state index in [1.165, 1.54) is 23.9 Å². The summed E-state index contributed by atoms with van der Waals surface area (Å²) >= 11 is 1.76. The molecule has 25 heavy (non-hydrogen) atoms. The largest absolute Gasteiger partial charge is 0.316 e. The highest BCUT2D eigenvalue weighted by Crippen LogP contribution is 2.32. The molecule has 0 atom stereocenters. The Bertz CT molecular complexity index is 810. The lowest BCUT2D eigenvalue weighted by atomic mass is 10.0. The number of para-hydroxylation sites is 2. The lowest BCUT2D eigenvalue weighted by molar-refractivity contribution is 0.177. The minimum Gasteiger partial charge on any atom is -0.316 e. The van der Waals surface area contributed by atoms with Crippen LogP contribution in [0.3, 0.4) is 0 Å². The fraction of sp³-hybridized carbons (Fsp3) is 0.350. The Labute approximate surface area is 159 Å². The third kappa shape index (κ3) is 3.86. The molecule has 0 spiro atoms. The molecule has 0 bridgehead atoms. The van der Waals surface area contributed by atoms with Gasteiger partial charge in [-0.25, -0.2) is 4.98 Å². The first-order chi connectivity index (χ1) is 11.8. The molecule has 132 valence electrons. The number of piperidine rings is 1. The summed E-state index contributed by atoms with van der Waals surface area (Å²) in [6.45, 7) is 3.37. The van der Waals surface area contributed by atoms with Gasteiger partial charge in [-0.1, -0.05) is 54.2 Å². The van der Waals surface area contributed by atoms with E-state index < -0.39 is 0 Å². The number of likely N-dealkylation sites (tertiary alicyclic amines) is 1. The number of rotatable bonds is 4. The SMILES string of the molecule is CSc1nc2ccccc2n1C1CCN(Cc2ccccc2)CC1.Cl. The fourth-order valence-electron chi connectivity index (χ4n) is 3.70. The third-order valence-electron chi connectivity index (χ3n) is 4.92. The molecule has 0 aliphatic carbocycles. The summed E-state index contributed by atoms with van der Waals surface area (Å²) < 4.78 is 2.47. The lowest BCUT2D eigenvalue weighted by Crippen LogP contribution is -2.34. The van der Waals surface area contributed by atoms with Gasteiger partial charge in [0.1, 0.15) is 0 Å². The summed E-state index contributed by atoms with van der Waals surface area (Å²) in [5, 5.41) is 1.15. The van der Waals surface area contributed by atoms with Gasteiger partial charge in [-0.05, 0) is 36.8 Å².